The van der Waals surface area contributed by atoms with Gasteiger partial charge in [0.25, 0.3) is 11.8 Å². The van der Waals surface area contributed by atoms with E-state index in [2.05, 4.69) is 5.32 Å². The Hall–Kier alpha value is -3.87. The fourth-order valence-electron chi connectivity index (χ4n) is 2.59. The average Bonchev–Trinajstić information content (AvgIpc) is 3.27. The van der Waals surface area contributed by atoms with Gasteiger partial charge in [0, 0.05) is 25.3 Å². The van der Waals surface area contributed by atoms with Crippen molar-refractivity contribution in [3.8, 4) is 0 Å². The van der Waals surface area contributed by atoms with E-state index in [4.69, 9.17) is 9.15 Å². The van der Waals surface area contributed by atoms with E-state index in [-0.39, 0.29) is 17.2 Å². The Kier molecular flexibility index (Phi) is 6.09. The number of anilines is 1. The van der Waals surface area contributed by atoms with E-state index in [1.807, 2.05) is 6.07 Å². The molecule has 0 unspecified atom stereocenters. The number of carbonyl (C=O) groups is 3. The second kappa shape index (κ2) is 8.88. The fourth-order valence-corrected chi connectivity index (χ4v) is 2.59. The molecule has 0 bridgehead atoms. The van der Waals surface area contributed by atoms with Gasteiger partial charge in [0.1, 0.15) is 0 Å². The summed E-state index contributed by atoms with van der Waals surface area (Å²) >= 11 is 0. The van der Waals surface area contributed by atoms with Crippen molar-refractivity contribution in [2.75, 3.05) is 19.4 Å². The van der Waals surface area contributed by atoms with Crippen molar-refractivity contribution >= 4 is 23.5 Å². The number of ether oxygens (including phenoxy) is 1. The van der Waals surface area contributed by atoms with Crippen LogP contribution in [0.2, 0.25) is 0 Å². The summed E-state index contributed by atoms with van der Waals surface area (Å²) in [5.41, 5.74) is 1.34. The Labute approximate surface area is 167 Å². The van der Waals surface area contributed by atoms with Crippen LogP contribution in [-0.2, 0) is 9.53 Å². The lowest BCUT2D eigenvalue weighted by Crippen LogP contribution is -2.31. The summed E-state index contributed by atoms with van der Waals surface area (Å²) in [5.74, 6) is -1.20. The minimum atomic E-state index is -1.04. The minimum absolute atomic E-state index is 0.182. The van der Waals surface area contributed by atoms with Crippen LogP contribution in [0.3, 0.4) is 0 Å². The maximum Gasteiger partial charge on any atom is 0.339 e. The van der Waals surface area contributed by atoms with Gasteiger partial charge in [-0.05, 0) is 36.4 Å². The third kappa shape index (κ3) is 4.90. The first kappa shape index (κ1) is 19.9. The highest BCUT2D eigenvalue weighted by molar-refractivity contribution is 6.02. The molecule has 0 aliphatic heterocycles. The molecule has 0 radical (unpaired) electrons. The highest BCUT2D eigenvalue weighted by Gasteiger charge is 2.27. The van der Waals surface area contributed by atoms with Crippen LogP contribution in [0.4, 0.5) is 5.69 Å². The standard InChI is InChI=1S/C22H20N2O5/c1-24(2)21(26)19(15-7-4-3-5-8-15)29-22(27)16-10-12-17(13-11-16)23-20(25)18-9-6-14-28-18/h3-14,19H,1-2H3,(H,23,25)/t19-/m0/s1. The largest absolute Gasteiger partial charge is 0.459 e. The lowest BCUT2D eigenvalue weighted by Gasteiger charge is -2.21. The third-order valence-electron chi connectivity index (χ3n) is 4.12. The van der Waals surface area contributed by atoms with E-state index in [1.54, 1.807) is 62.6 Å². The monoisotopic (exact) mass is 392 g/mol. The Balaban J connectivity index is 1.71. The van der Waals surface area contributed by atoms with Gasteiger partial charge in [0.2, 0.25) is 6.10 Å². The quantitative estimate of drug-likeness (QED) is 0.649. The molecule has 2 amide bonds. The molecule has 0 aliphatic rings. The summed E-state index contributed by atoms with van der Waals surface area (Å²) in [4.78, 5) is 38.4. The smallest absolute Gasteiger partial charge is 0.339 e. The van der Waals surface area contributed by atoms with Gasteiger partial charge in [0.15, 0.2) is 5.76 Å². The zero-order chi connectivity index (χ0) is 20.8. The number of furan rings is 1. The number of benzene rings is 2. The van der Waals surface area contributed by atoms with Crippen molar-refractivity contribution in [3.05, 3.63) is 89.9 Å². The molecule has 0 saturated heterocycles. The van der Waals surface area contributed by atoms with Gasteiger partial charge in [-0.15, -0.1) is 0 Å². The molecule has 1 N–H and O–H groups in total. The van der Waals surface area contributed by atoms with Crippen LogP contribution in [0.15, 0.2) is 77.4 Å². The van der Waals surface area contributed by atoms with Crippen molar-refractivity contribution in [2.24, 2.45) is 0 Å². The molecule has 1 heterocycles. The number of hydrogen-bond donors (Lipinski definition) is 1. The van der Waals surface area contributed by atoms with Gasteiger partial charge in [-0.2, -0.15) is 0 Å². The molecule has 3 aromatic rings. The van der Waals surface area contributed by atoms with E-state index >= 15 is 0 Å². The molecule has 7 nitrogen and oxygen atoms in total. The SMILES string of the molecule is CN(C)C(=O)[C@@H](OC(=O)c1ccc(NC(=O)c2ccco2)cc1)c1ccccc1. The summed E-state index contributed by atoms with van der Waals surface area (Å²) in [5, 5.41) is 2.66. The number of esters is 1. The number of hydrogen-bond acceptors (Lipinski definition) is 5. The van der Waals surface area contributed by atoms with Gasteiger partial charge in [-0.1, -0.05) is 30.3 Å². The molecular formula is C22H20N2O5. The maximum atomic E-state index is 12.6. The highest BCUT2D eigenvalue weighted by Crippen LogP contribution is 2.22. The Morgan fingerprint density at radius 2 is 1.62 bits per heavy atom. The van der Waals surface area contributed by atoms with Gasteiger partial charge in [0.05, 0.1) is 11.8 Å². The number of amides is 2. The van der Waals surface area contributed by atoms with Crippen molar-refractivity contribution < 1.29 is 23.5 Å². The average molecular weight is 392 g/mol. The molecule has 0 aliphatic carbocycles. The summed E-state index contributed by atoms with van der Waals surface area (Å²) in [7, 11) is 3.20. The van der Waals surface area contributed by atoms with Crippen LogP contribution in [0.25, 0.3) is 0 Å². The molecule has 7 heteroatoms. The van der Waals surface area contributed by atoms with Gasteiger partial charge in [-0.3, -0.25) is 9.59 Å². The second-order valence-electron chi connectivity index (χ2n) is 6.44. The predicted octanol–water partition coefficient (Wildman–Crippen LogP) is 3.52. The second-order valence-corrected chi connectivity index (χ2v) is 6.44. The first-order valence-electron chi connectivity index (χ1n) is 8.87. The molecule has 2 aromatic carbocycles. The van der Waals surface area contributed by atoms with Gasteiger partial charge >= 0.3 is 5.97 Å². The van der Waals surface area contributed by atoms with Crippen molar-refractivity contribution in [1.29, 1.82) is 0 Å². The Bertz CT molecular complexity index is 980. The lowest BCUT2D eigenvalue weighted by atomic mass is 10.1. The first-order valence-corrected chi connectivity index (χ1v) is 8.87. The minimum Gasteiger partial charge on any atom is -0.459 e. The topological polar surface area (TPSA) is 88.9 Å². The molecule has 29 heavy (non-hydrogen) atoms. The Morgan fingerprint density at radius 1 is 0.931 bits per heavy atom. The van der Waals surface area contributed by atoms with Crippen LogP contribution in [0.1, 0.15) is 32.6 Å². The molecular weight excluding hydrogens is 372 g/mol. The lowest BCUT2D eigenvalue weighted by molar-refractivity contribution is -0.138. The number of rotatable bonds is 6. The molecule has 148 valence electrons. The molecule has 0 saturated carbocycles. The summed E-state index contributed by atoms with van der Waals surface area (Å²) < 4.78 is 10.5. The third-order valence-corrected chi connectivity index (χ3v) is 4.12. The highest BCUT2D eigenvalue weighted by atomic mass is 16.5. The van der Waals surface area contributed by atoms with Crippen LogP contribution in [0.5, 0.6) is 0 Å². The molecule has 1 aromatic heterocycles. The van der Waals surface area contributed by atoms with Crippen LogP contribution in [-0.4, -0.2) is 36.8 Å². The van der Waals surface area contributed by atoms with Crippen LogP contribution >= 0.6 is 0 Å². The number of nitrogens with zero attached hydrogens (tertiary/aromatic N) is 1. The van der Waals surface area contributed by atoms with E-state index in [0.717, 1.165) is 0 Å². The summed E-state index contributed by atoms with van der Waals surface area (Å²) in [6, 6.07) is 18.2. The summed E-state index contributed by atoms with van der Waals surface area (Å²) in [6.45, 7) is 0. The molecule has 0 fully saturated rings. The fraction of sp³-hybridized carbons (Fsp3) is 0.136. The number of carbonyl (C=O) groups excluding carboxylic acids is 3. The van der Waals surface area contributed by atoms with Gasteiger partial charge < -0.3 is 19.4 Å². The van der Waals surface area contributed by atoms with Crippen molar-refractivity contribution in [3.63, 3.8) is 0 Å². The number of nitrogens with one attached hydrogen (secondary N) is 1. The van der Waals surface area contributed by atoms with Crippen molar-refractivity contribution in [2.45, 2.75) is 6.10 Å². The van der Waals surface area contributed by atoms with Crippen molar-refractivity contribution in [1.82, 2.24) is 4.90 Å². The van der Waals surface area contributed by atoms with E-state index in [1.165, 1.54) is 23.3 Å². The van der Waals surface area contributed by atoms with Crippen LogP contribution < -0.4 is 5.32 Å². The van der Waals surface area contributed by atoms with Gasteiger partial charge in [-0.25, -0.2) is 4.79 Å². The molecule has 0 spiro atoms. The van der Waals surface area contributed by atoms with Crippen LogP contribution in [0, 0.1) is 0 Å². The molecule has 1 atom stereocenters. The zero-order valence-corrected chi connectivity index (χ0v) is 16.0. The van der Waals surface area contributed by atoms with E-state index in [9.17, 15) is 14.4 Å². The number of likely N-dealkylation sites (N-methyl/N-ethyl adjacent to an activating group) is 1. The maximum absolute atomic E-state index is 12.6. The predicted molar refractivity (Wildman–Crippen MR) is 106 cm³/mol. The Morgan fingerprint density at radius 3 is 2.21 bits per heavy atom. The normalized spacial score (nSPS) is 11.4. The zero-order valence-electron chi connectivity index (χ0n) is 16.0. The van der Waals surface area contributed by atoms with E-state index < -0.39 is 18.0 Å². The summed E-state index contributed by atoms with van der Waals surface area (Å²) in [6.07, 6.45) is 0.365. The first-order chi connectivity index (χ1) is 14.0. The van der Waals surface area contributed by atoms with E-state index in [0.29, 0.717) is 11.3 Å². The molecule has 3 rings (SSSR count).